The molecule has 2 atom stereocenters. The van der Waals surface area contributed by atoms with Crippen LogP contribution >= 0.6 is 9.24 Å². The Hall–Kier alpha value is 0.390. The summed E-state index contributed by atoms with van der Waals surface area (Å²) in [6.45, 7) is 3.29. The lowest BCUT2D eigenvalue weighted by atomic mass is 10.5. The molecule has 0 heterocycles. The molecule has 2 unspecified atom stereocenters. The van der Waals surface area contributed by atoms with Crippen molar-refractivity contribution in [1.29, 1.82) is 0 Å². The van der Waals surface area contributed by atoms with E-state index in [2.05, 4.69) is 16.2 Å². The monoisotopic (exact) mass is 91.0 g/mol. The van der Waals surface area contributed by atoms with Gasteiger partial charge in [0, 0.05) is 0 Å². The third-order valence-electron chi connectivity index (χ3n) is 0.272. The zero-order valence-corrected chi connectivity index (χ0v) is 4.17. The Labute approximate surface area is 34.6 Å². The topological polar surface area (TPSA) is 20.2 Å². The summed E-state index contributed by atoms with van der Waals surface area (Å²) in [5.74, 6) is 0. The van der Waals surface area contributed by atoms with Crippen molar-refractivity contribution >= 4 is 9.24 Å². The second-order valence-corrected chi connectivity index (χ2v) is 1.36. The smallest absolute Gasteiger partial charge is 0.0575 e. The van der Waals surface area contributed by atoms with Crippen molar-refractivity contribution in [2.45, 2.75) is 6.10 Å². The molecule has 0 aliphatic carbocycles. The zero-order chi connectivity index (χ0) is 4.28. The van der Waals surface area contributed by atoms with Crippen LogP contribution in [0.2, 0.25) is 0 Å². The third-order valence-corrected chi connectivity index (χ3v) is 0.816. The fourth-order valence-electron chi connectivity index (χ4n) is 0. The van der Waals surface area contributed by atoms with Crippen molar-refractivity contribution in [1.82, 2.24) is 0 Å². The zero-order valence-electron chi connectivity index (χ0n) is 3.02. The van der Waals surface area contributed by atoms with Crippen molar-refractivity contribution in [3.05, 3.63) is 6.92 Å². The Bertz CT molecular complexity index is 20.9. The Morgan fingerprint density at radius 3 is 2.20 bits per heavy atom. The minimum Gasteiger partial charge on any atom is -0.393 e. The molecule has 0 saturated heterocycles. The van der Waals surface area contributed by atoms with E-state index in [1.807, 2.05) is 0 Å². The normalized spacial score (nSPS) is 15.0. The van der Waals surface area contributed by atoms with E-state index >= 15 is 0 Å². The van der Waals surface area contributed by atoms with Crippen LogP contribution in [0.5, 0.6) is 0 Å². The van der Waals surface area contributed by atoms with Gasteiger partial charge in [0.1, 0.15) is 0 Å². The van der Waals surface area contributed by atoms with Gasteiger partial charge in [-0.15, -0.1) is 9.24 Å². The quantitative estimate of drug-likeness (QED) is 0.452. The summed E-state index contributed by atoms with van der Waals surface area (Å²) in [5.41, 5.74) is 0. The second-order valence-electron chi connectivity index (χ2n) is 0.890. The molecule has 1 radical (unpaired) electrons. The minimum absolute atomic E-state index is 0.403. The van der Waals surface area contributed by atoms with Crippen LogP contribution in [-0.2, 0) is 0 Å². The Kier molecular flexibility index (Phi) is 2.82. The maximum Gasteiger partial charge on any atom is 0.0575 e. The van der Waals surface area contributed by atoms with Crippen molar-refractivity contribution < 1.29 is 5.11 Å². The van der Waals surface area contributed by atoms with Crippen LogP contribution < -0.4 is 0 Å². The van der Waals surface area contributed by atoms with Crippen LogP contribution in [0.1, 0.15) is 0 Å². The summed E-state index contributed by atoms with van der Waals surface area (Å²) in [6.07, 6.45) is 0.264. The van der Waals surface area contributed by atoms with E-state index < -0.39 is 6.10 Å². The molecular formula is C3H8OP. The lowest BCUT2D eigenvalue weighted by Gasteiger charge is -1.90. The van der Waals surface area contributed by atoms with Crippen molar-refractivity contribution in [2.24, 2.45) is 0 Å². The summed E-state index contributed by atoms with van der Waals surface area (Å²) in [6, 6.07) is 0. The SMILES string of the molecule is [CH2]C(O)CP. The van der Waals surface area contributed by atoms with Gasteiger partial charge in [0.25, 0.3) is 0 Å². The van der Waals surface area contributed by atoms with E-state index in [4.69, 9.17) is 5.11 Å². The highest BCUT2D eigenvalue weighted by Gasteiger charge is 1.82. The van der Waals surface area contributed by atoms with Crippen LogP contribution in [0.25, 0.3) is 0 Å². The predicted octanol–water partition coefficient (Wildman–Crippen LogP) is 0.0565. The molecule has 0 spiro atoms. The highest BCUT2D eigenvalue weighted by Crippen LogP contribution is 1.83. The van der Waals surface area contributed by atoms with E-state index in [1.165, 1.54) is 0 Å². The summed E-state index contributed by atoms with van der Waals surface area (Å²) < 4.78 is 0. The summed E-state index contributed by atoms with van der Waals surface area (Å²) >= 11 is 0. The first-order chi connectivity index (χ1) is 2.27. The largest absolute Gasteiger partial charge is 0.393 e. The molecule has 0 amide bonds. The molecule has 0 aromatic heterocycles. The van der Waals surface area contributed by atoms with Gasteiger partial charge in [-0.25, -0.2) is 0 Å². The van der Waals surface area contributed by atoms with Crippen LogP contribution in [0.3, 0.4) is 0 Å². The van der Waals surface area contributed by atoms with Crippen LogP contribution in [-0.4, -0.2) is 17.4 Å². The molecule has 1 nitrogen and oxygen atoms in total. The molecule has 0 aliphatic heterocycles. The Morgan fingerprint density at radius 2 is 2.20 bits per heavy atom. The molecule has 31 valence electrons. The fourth-order valence-corrected chi connectivity index (χ4v) is 0. The number of aliphatic hydroxyl groups excluding tert-OH is 1. The number of aliphatic hydroxyl groups is 1. The number of rotatable bonds is 1. The first-order valence-corrected chi connectivity index (χ1v) is 2.30. The molecular weight excluding hydrogens is 83.0 g/mol. The summed E-state index contributed by atoms with van der Waals surface area (Å²) in [4.78, 5) is 0. The van der Waals surface area contributed by atoms with Crippen LogP contribution in [0.4, 0.5) is 0 Å². The lowest BCUT2D eigenvalue weighted by Crippen LogP contribution is -1.98. The van der Waals surface area contributed by atoms with Gasteiger partial charge in [-0.05, 0) is 13.1 Å². The van der Waals surface area contributed by atoms with Crippen molar-refractivity contribution in [2.75, 3.05) is 6.16 Å². The Balaban J connectivity index is 2.54. The third kappa shape index (κ3) is 4.39. The minimum atomic E-state index is -0.403. The van der Waals surface area contributed by atoms with Gasteiger partial charge in [0.05, 0.1) is 6.10 Å². The molecule has 0 saturated carbocycles. The van der Waals surface area contributed by atoms with E-state index in [0.29, 0.717) is 6.16 Å². The predicted molar refractivity (Wildman–Crippen MR) is 25.9 cm³/mol. The van der Waals surface area contributed by atoms with Gasteiger partial charge < -0.3 is 5.11 Å². The number of hydrogen-bond acceptors (Lipinski definition) is 1. The van der Waals surface area contributed by atoms with Gasteiger partial charge in [-0.2, -0.15) is 0 Å². The molecule has 0 fully saturated rings. The van der Waals surface area contributed by atoms with Gasteiger partial charge in [-0.1, -0.05) is 0 Å². The molecule has 5 heavy (non-hydrogen) atoms. The summed E-state index contributed by atoms with van der Waals surface area (Å²) in [5, 5.41) is 8.23. The molecule has 0 aromatic rings. The Morgan fingerprint density at radius 1 is 2.00 bits per heavy atom. The van der Waals surface area contributed by atoms with Crippen molar-refractivity contribution in [3.8, 4) is 0 Å². The molecule has 2 heteroatoms. The molecule has 0 rings (SSSR count). The van der Waals surface area contributed by atoms with Gasteiger partial charge in [-0.3, -0.25) is 0 Å². The average Bonchev–Trinajstić information content (AvgIpc) is 1.38. The second kappa shape index (κ2) is 2.62. The standard InChI is InChI=1S/C3H8OP/c1-3(4)2-5/h3-4H,1-2,5H2. The maximum atomic E-state index is 8.23. The fraction of sp³-hybridized carbons (Fsp3) is 0.667. The average molecular weight is 91.1 g/mol. The molecule has 0 aliphatic rings. The van der Waals surface area contributed by atoms with E-state index in [1.54, 1.807) is 0 Å². The van der Waals surface area contributed by atoms with E-state index in [0.717, 1.165) is 0 Å². The van der Waals surface area contributed by atoms with E-state index in [9.17, 15) is 0 Å². The molecule has 0 aromatic carbocycles. The van der Waals surface area contributed by atoms with Gasteiger partial charge in [0.2, 0.25) is 0 Å². The van der Waals surface area contributed by atoms with Crippen LogP contribution in [0, 0.1) is 6.92 Å². The van der Waals surface area contributed by atoms with Crippen molar-refractivity contribution in [3.63, 3.8) is 0 Å². The van der Waals surface area contributed by atoms with Gasteiger partial charge >= 0.3 is 0 Å². The molecule has 0 bridgehead atoms. The first-order valence-electron chi connectivity index (χ1n) is 1.48. The maximum absolute atomic E-state index is 8.23. The first kappa shape index (κ1) is 5.39. The number of hydrogen-bond donors (Lipinski definition) is 1. The van der Waals surface area contributed by atoms with E-state index in [-0.39, 0.29) is 0 Å². The highest BCUT2D eigenvalue weighted by atomic mass is 31.0. The molecule has 1 N–H and O–H groups in total. The lowest BCUT2D eigenvalue weighted by molar-refractivity contribution is 0.246. The highest BCUT2D eigenvalue weighted by molar-refractivity contribution is 7.16. The summed E-state index contributed by atoms with van der Waals surface area (Å²) in [7, 11) is 2.38. The van der Waals surface area contributed by atoms with Gasteiger partial charge in [0.15, 0.2) is 0 Å². The van der Waals surface area contributed by atoms with Crippen LogP contribution in [0.15, 0.2) is 0 Å².